The van der Waals surface area contributed by atoms with Crippen molar-refractivity contribution in [2.75, 3.05) is 12.3 Å². The minimum absolute atomic E-state index is 0.207. The Morgan fingerprint density at radius 3 is 2.81 bits per heavy atom. The van der Waals surface area contributed by atoms with E-state index in [1.54, 1.807) is 12.1 Å². The fourth-order valence-electron chi connectivity index (χ4n) is 2.37. The third-order valence-electron chi connectivity index (χ3n) is 3.54. The summed E-state index contributed by atoms with van der Waals surface area (Å²) < 4.78 is 13.1. The second kappa shape index (κ2) is 4.06. The molecule has 1 aromatic carbocycles. The van der Waals surface area contributed by atoms with E-state index in [1.165, 1.54) is 18.9 Å². The molecule has 0 bridgehead atoms. The van der Waals surface area contributed by atoms with Crippen molar-refractivity contribution in [3.63, 3.8) is 0 Å². The van der Waals surface area contributed by atoms with Crippen molar-refractivity contribution >= 4 is 5.69 Å². The van der Waals surface area contributed by atoms with Crippen molar-refractivity contribution in [2.45, 2.75) is 38.8 Å². The molecule has 0 amide bonds. The maximum atomic E-state index is 13.1. The molecular formula is C13H19FN2. The fraction of sp³-hybridized carbons (Fsp3) is 0.538. The summed E-state index contributed by atoms with van der Waals surface area (Å²) in [6, 6.07) is 4.60. The summed E-state index contributed by atoms with van der Waals surface area (Å²) in [5, 5.41) is 0. The number of nitrogen functional groups attached to an aromatic ring is 1. The Hall–Kier alpha value is -1.09. The van der Waals surface area contributed by atoms with Crippen LogP contribution in [0.25, 0.3) is 0 Å². The molecule has 0 saturated carbocycles. The third-order valence-corrected chi connectivity index (χ3v) is 3.54. The minimum Gasteiger partial charge on any atom is -0.398 e. The van der Waals surface area contributed by atoms with Gasteiger partial charge in [-0.1, -0.05) is 0 Å². The molecule has 1 aliphatic rings. The monoisotopic (exact) mass is 222 g/mol. The predicted molar refractivity (Wildman–Crippen MR) is 64.5 cm³/mol. The van der Waals surface area contributed by atoms with Crippen molar-refractivity contribution in [1.29, 1.82) is 0 Å². The van der Waals surface area contributed by atoms with Gasteiger partial charge in [0.2, 0.25) is 0 Å². The molecule has 2 N–H and O–H groups in total. The number of halogens is 1. The quantitative estimate of drug-likeness (QED) is 0.780. The molecular weight excluding hydrogens is 203 g/mol. The highest BCUT2D eigenvalue weighted by Gasteiger charge is 2.31. The molecule has 2 rings (SSSR count). The largest absolute Gasteiger partial charge is 0.398 e. The molecule has 2 nitrogen and oxygen atoms in total. The fourth-order valence-corrected chi connectivity index (χ4v) is 2.37. The lowest BCUT2D eigenvalue weighted by Crippen LogP contribution is -2.37. The molecule has 0 atom stereocenters. The first kappa shape index (κ1) is 11.4. The van der Waals surface area contributed by atoms with Gasteiger partial charge in [0.05, 0.1) is 0 Å². The summed E-state index contributed by atoms with van der Waals surface area (Å²) in [4.78, 5) is 2.37. The van der Waals surface area contributed by atoms with Crippen molar-refractivity contribution in [1.82, 2.24) is 4.90 Å². The third kappa shape index (κ3) is 2.19. The van der Waals surface area contributed by atoms with Crippen LogP contribution in [0.15, 0.2) is 18.2 Å². The minimum atomic E-state index is -0.207. The number of hydrogen-bond donors (Lipinski definition) is 1. The Bertz CT molecular complexity index is 388. The molecule has 0 radical (unpaired) electrons. The van der Waals surface area contributed by atoms with E-state index >= 15 is 0 Å². The summed E-state index contributed by atoms with van der Waals surface area (Å²) in [6.07, 6.45) is 2.41. The van der Waals surface area contributed by atoms with Gasteiger partial charge in [-0.2, -0.15) is 0 Å². The van der Waals surface area contributed by atoms with Crippen LogP contribution in [0.3, 0.4) is 0 Å². The van der Waals surface area contributed by atoms with Crippen LogP contribution >= 0.6 is 0 Å². The van der Waals surface area contributed by atoms with Crippen LogP contribution in [0.4, 0.5) is 10.1 Å². The zero-order valence-electron chi connectivity index (χ0n) is 9.96. The summed E-state index contributed by atoms with van der Waals surface area (Å²) in [5.74, 6) is -0.207. The van der Waals surface area contributed by atoms with Crippen LogP contribution < -0.4 is 5.73 Å². The van der Waals surface area contributed by atoms with E-state index < -0.39 is 0 Å². The molecule has 3 heteroatoms. The SMILES string of the molecule is CC1(C)CCCN1Cc1cc(F)ccc1N. The normalized spacial score (nSPS) is 20.2. The Labute approximate surface area is 96.2 Å². The smallest absolute Gasteiger partial charge is 0.123 e. The lowest BCUT2D eigenvalue weighted by Gasteiger charge is -2.31. The number of nitrogens with two attached hydrogens (primary N) is 1. The van der Waals surface area contributed by atoms with E-state index in [2.05, 4.69) is 18.7 Å². The molecule has 1 aliphatic heterocycles. The van der Waals surface area contributed by atoms with Crippen molar-refractivity contribution in [2.24, 2.45) is 0 Å². The van der Waals surface area contributed by atoms with Gasteiger partial charge in [0, 0.05) is 17.8 Å². The summed E-state index contributed by atoms with van der Waals surface area (Å²) >= 11 is 0. The van der Waals surface area contributed by atoms with E-state index in [0.29, 0.717) is 5.69 Å². The van der Waals surface area contributed by atoms with Gasteiger partial charge in [0.1, 0.15) is 5.82 Å². The van der Waals surface area contributed by atoms with Gasteiger partial charge in [-0.05, 0) is 57.0 Å². The predicted octanol–water partition coefficient (Wildman–Crippen LogP) is 2.78. The first-order valence-electron chi connectivity index (χ1n) is 5.78. The highest BCUT2D eigenvalue weighted by molar-refractivity contribution is 5.46. The molecule has 0 unspecified atom stereocenters. The molecule has 16 heavy (non-hydrogen) atoms. The van der Waals surface area contributed by atoms with Gasteiger partial charge >= 0.3 is 0 Å². The zero-order valence-corrected chi connectivity index (χ0v) is 9.96. The highest BCUT2D eigenvalue weighted by Crippen LogP contribution is 2.30. The van der Waals surface area contributed by atoms with Crippen molar-refractivity contribution in [3.05, 3.63) is 29.6 Å². The van der Waals surface area contributed by atoms with E-state index in [4.69, 9.17) is 5.73 Å². The second-order valence-corrected chi connectivity index (χ2v) is 5.18. The Balaban J connectivity index is 2.17. The molecule has 0 aromatic heterocycles. The number of nitrogens with zero attached hydrogens (tertiary/aromatic N) is 1. The summed E-state index contributed by atoms with van der Waals surface area (Å²) in [5.41, 5.74) is 7.65. The number of benzene rings is 1. The average Bonchev–Trinajstić information content (AvgIpc) is 2.52. The molecule has 1 fully saturated rings. The molecule has 88 valence electrons. The van der Waals surface area contributed by atoms with Crippen LogP contribution in [0, 0.1) is 5.82 Å². The van der Waals surface area contributed by atoms with Crippen LogP contribution in [0.2, 0.25) is 0 Å². The van der Waals surface area contributed by atoms with E-state index in [9.17, 15) is 4.39 Å². The van der Waals surface area contributed by atoms with E-state index in [-0.39, 0.29) is 11.4 Å². The zero-order chi connectivity index (χ0) is 11.8. The van der Waals surface area contributed by atoms with Crippen molar-refractivity contribution in [3.8, 4) is 0 Å². The van der Waals surface area contributed by atoms with Crippen LogP contribution in [-0.2, 0) is 6.54 Å². The summed E-state index contributed by atoms with van der Waals surface area (Å²) in [7, 11) is 0. The maximum Gasteiger partial charge on any atom is 0.123 e. The maximum absolute atomic E-state index is 13.1. The number of likely N-dealkylation sites (tertiary alicyclic amines) is 1. The van der Waals surface area contributed by atoms with Crippen LogP contribution in [-0.4, -0.2) is 17.0 Å². The number of hydrogen-bond acceptors (Lipinski definition) is 2. The van der Waals surface area contributed by atoms with Crippen LogP contribution in [0.5, 0.6) is 0 Å². The van der Waals surface area contributed by atoms with Crippen LogP contribution in [0.1, 0.15) is 32.3 Å². The lowest BCUT2D eigenvalue weighted by molar-refractivity contribution is 0.166. The molecule has 0 aliphatic carbocycles. The Morgan fingerprint density at radius 2 is 2.19 bits per heavy atom. The molecule has 1 heterocycles. The van der Waals surface area contributed by atoms with Gasteiger partial charge in [0.15, 0.2) is 0 Å². The second-order valence-electron chi connectivity index (χ2n) is 5.18. The van der Waals surface area contributed by atoms with Crippen molar-refractivity contribution < 1.29 is 4.39 Å². The van der Waals surface area contributed by atoms with Gasteiger partial charge in [0.25, 0.3) is 0 Å². The Morgan fingerprint density at radius 1 is 1.44 bits per heavy atom. The first-order valence-corrected chi connectivity index (χ1v) is 5.78. The van der Waals surface area contributed by atoms with E-state index in [0.717, 1.165) is 18.7 Å². The first-order chi connectivity index (χ1) is 7.49. The highest BCUT2D eigenvalue weighted by atomic mass is 19.1. The van der Waals surface area contributed by atoms with Gasteiger partial charge < -0.3 is 5.73 Å². The average molecular weight is 222 g/mol. The molecule has 1 saturated heterocycles. The summed E-state index contributed by atoms with van der Waals surface area (Å²) in [6.45, 7) is 6.28. The molecule has 1 aromatic rings. The Kier molecular flexibility index (Phi) is 2.89. The lowest BCUT2D eigenvalue weighted by atomic mass is 10.0. The van der Waals surface area contributed by atoms with Gasteiger partial charge in [-0.3, -0.25) is 4.90 Å². The van der Waals surface area contributed by atoms with E-state index in [1.807, 2.05) is 0 Å². The standard InChI is InChI=1S/C13H19FN2/c1-13(2)6-3-7-16(13)9-10-8-11(14)4-5-12(10)15/h4-5,8H,3,6-7,9,15H2,1-2H3. The number of anilines is 1. The molecule has 0 spiro atoms. The van der Waals surface area contributed by atoms with Gasteiger partial charge in [-0.25, -0.2) is 4.39 Å². The topological polar surface area (TPSA) is 29.3 Å². The number of rotatable bonds is 2. The van der Waals surface area contributed by atoms with Gasteiger partial charge in [-0.15, -0.1) is 0 Å².